The summed E-state index contributed by atoms with van der Waals surface area (Å²) in [5.74, 6) is -0.0171. The van der Waals surface area contributed by atoms with Crippen molar-refractivity contribution in [1.29, 1.82) is 0 Å². The third kappa shape index (κ3) is 4.32. The first-order valence-corrected chi connectivity index (χ1v) is 11.6. The number of para-hydroxylation sites is 1. The molecule has 4 heterocycles. The van der Waals surface area contributed by atoms with Crippen LogP contribution < -0.4 is 5.32 Å². The van der Waals surface area contributed by atoms with Gasteiger partial charge in [-0.15, -0.1) is 0 Å². The van der Waals surface area contributed by atoms with E-state index < -0.39 is 0 Å². The second-order valence-corrected chi connectivity index (χ2v) is 9.33. The normalized spacial score (nSPS) is 19.8. The number of aromatic nitrogens is 3. The molecule has 1 atom stereocenters. The Morgan fingerprint density at radius 1 is 1.24 bits per heavy atom. The molecule has 0 bridgehead atoms. The SMILES string of the molecule is O=C(Cc1ccncc1Cl)NCC1CN(C(=O)c2n[nH]c3ccccc23)CC12CCOCC2. The van der Waals surface area contributed by atoms with Crippen molar-refractivity contribution in [3.8, 4) is 0 Å². The van der Waals surface area contributed by atoms with Crippen molar-refractivity contribution in [2.24, 2.45) is 11.3 Å². The summed E-state index contributed by atoms with van der Waals surface area (Å²) in [4.78, 5) is 31.9. The van der Waals surface area contributed by atoms with Crippen molar-refractivity contribution >= 4 is 34.3 Å². The van der Waals surface area contributed by atoms with Crippen LogP contribution in [-0.2, 0) is 16.0 Å². The van der Waals surface area contributed by atoms with Gasteiger partial charge in [0.15, 0.2) is 5.69 Å². The van der Waals surface area contributed by atoms with Crippen molar-refractivity contribution in [3.63, 3.8) is 0 Å². The van der Waals surface area contributed by atoms with Gasteiger partial charge in [-0.1, -0.05) is 29.8 Å². The number of carbonyl (C=O) groups excluding carboxylic acids is 2. The van der Waals surface area contributed by atoms with E-state index >= 15 is 0 Å². The van der Waals surface area contributed by atoms with Crippen molar-refractivity contribution in [2.45, 2.75) is 19.3 Å². The van der Waals surface area contributed by atoms with Crippen LogP contribution in [0.1, 0.15) is 28.9 Å². The zero-order chi connectivity index (χ0) is 22.8. The van der Waals surface area contributed by atoms with E-state index in [1.54, 1.807) is 18.5 Å². The van der Waals surface area contributed by atoms with Crippen LogP contribution in [0.25, 0.3) is 10.9 Å². The van der Waals surface area contributed by atoms with Gasteiger partial charge < -0.3 is 15.0 Å². The van der Waals surface area contributed by atoms with E-state index in [1.807, 2.05) is 29.2 Å². The fraction of sp³-hybridized carbons (Fsp3) is 0.417. The molecule has 2 N–H and O–H groups in total. The highest BCUT2D eigenvalue weighted by Gasteiger charge is 2.49. The number of H-pyrrole nitrogens is 1. The van der Waals surface area contributed by atoms with E-state index in [0.29, 0.717) is 43.6 Å². The van der Waals surface area contributed by atoms with E-state index in [4.69, 9.17) is 16.3 Å². The van der Waals surface area contributed by atoms with Gasteiger partial charge in [-0.2, -0.15) is 5.10 Å². The number of ether oxygens (including phenoxy) is 1. The van der Waals surface area contributed by atoms with Crippen LogP contribution in [-0.4, -0.2) is 64.7 Å². The molecule has 3 aromatic rings. The molecule has 2 amide bonds. The zero-order valence-electron chi connectivity index (χ0n) is 18.2. The first kappa shape index (κ1) is 21.9. The molecule has 9 heteroatoms. The van der Waals surface area contributed by atoms with Gasteiger partial charge in [0.1, 0.15) is 0 Å². The van der Waals surface area contributed by atoms with Crippen molar-refractivity contribution in [3.05, 3.63) is 59.0 Å². The van der Waals surface area contributed by atoms with E-state index in [2.05, 4.69) is 20.5 Å². The Hall–Kier alpha value is -2.97. The van der Waals surface area contributed by atoms with Gasteiger partial charge in [-0.25, -0.2) is 0 Å². The average molecular weight is 468 g/mol. The average Bonchev–Trinajstić information content (AvgIpc) is 3.41. The minimum absolute atomic E-state index is 0.0678. The van der Waals surface area contributed by atoms with Gasteiger partial charge in [0, 0.05) is 56.5 Å². The quantitative estimate of drug-likeness (QED) is 0.601. The van der Waals surface area contributed by atoms with Gasteiger partial charge in [0.25, 0.3) is 5.91 Å². The second-order valence-electron chi connectivity index (χ2n) is 8.92. The molecule has 33 heavy (non-hydrogen) atoms. The minimum atomic E-state index is -0.0895. The molecule has 2 fully saturated rings. The molecule has 2 aromatic heterocycles. The number of rotatable bonds is 5. The van der Waals surface area contributed by atoms with Crippen molar-refractivity contribution < 1.29 is 14.3 Å². The molecule has 2 aliphatic heterocycles. The molecular formula is C24H26ClN5O3. The number of pyridine rings is 1. The molecule has 0 radical (unpaired) electrons. The van der Waals surface area contributed by atoms with Gasteiger partial charge in [-0.05, 0) is 36.0 Å². The summed E-state index contributed by atoms with van der Waals surface area (Å²) in [6, 6.07) is 9.41. The second kappa shape index (κ2) is 9.11. The summed E-state index contributed by atoms with van der Waals surface area (Å²) >= 11 is 6.15. The number of carbonyl (C=O) groups is 2. The van der Waals surface area contributed by atoms with Crippen molar-refractivity contribution in [2.75, 3.05) is 32.8 Å². The van der Waals surface area contributed by atoms with Crippen LogP contribution in [0.15, 0.2) is 42.7 Å². The molecule has 5 rings (SSSR count). The van der Waals surface area contributed by atoms with E-state index in [0.717, 1.165) is 29.3 Å². The molecule has 2 saturated heterocycles. The van der Waals surface area contributed by atoms with Gasteiger partial charge in [-0.3, -0.25) is 19.7 Å². The maximum Gasteiger partial charge on any atom is 0.275 e. The largest absolute Gasteiger partial charge is 0.381 e. The number of nitrogens with zero attached hydrogens (tertiary/aromatic N) is 3. The summed E-state index contributed by atoms with van der Waals surface area (Å²) < 4.78 is 5.62. The number of benzene rings is 1. The van der Waals surface area contributed by atoms with Gasteiger partial charge >= 0.3 is 0 Å². The summed E-state index contributed by atoms with van der Waals surface area (Å²) in [6.07, 6.45) is 5.11. The molecule has 2 aliphatic rings. The molecule has 172 valence electrons. The number of aromatic amines is 1. The lowest BCUT2D eigenvalue weighted by atomic mass is 9.72. The zero-order valence-corrected chi connectivity index (χ0v) is 19.0. The fourth-order valence-corrected chi connectivity index (χ4v) is 5.30. The van der Waals surface area contributed by atoms with Crippen LogP contribution in [0.5, 0.6) is 0 Å². The topological polar surface area (TPSA) is 100 Å². The molecule has 0 aliphatic carbocycles. The molecule has 8 nitrogen and oxygen atoms in total. The first-order chi connectivity index (χ1) is 16.1. The van der Waals surface area contributed by atoms with Gasteiger partial charge in [0.2, 0.25) is 5.91 Å². The molecule has 1 aromatic carbocycles. The highest BCUT2D eigenvalue weighted by atomic mass is 35.5. The number of hydrogen-bond donors (Lipinski definition) is 2. The summed E-state index contributed by atoms with van der Waals surface area (Å²) in [6.45, 7) is 3.07. The lowest BCUT2D eigenvalue weighted by molar-refractivity contribution is -0.120. The summed E-state index contributed by atoms with van der Waals surface area (Å²) in [5, 5.41) is 11.6. The lowest BCUT2D eigenvalue weighted by Gasteiger charge is -2.38. The standard InChI is InChI=1S/C24H26ClN5O3/c25-19-13-26-8-5-16(19)11-21(31)27-12-17-14-30(15-24(17)6-9-33-10-7-24)23(32)22-18-3-1-2-4-20(18)28-29-22/h1-5,8,13,17H,6-7,9-12,14-15H2,(H,27,31)(H,28,29). The third-order valence-corrected chi connectivity index (χ3v) is 7.35. The predicted octanol–water partition coefficient (Wildman–Crippen LogP) is 2.84. The number of amides is 2. The Balaban J connectivity index is 1.30. The molecule has 1 unspecified atom stereocenters. The van der Waals surface area contributed by atoms with Gasteiger partial charge in [0.05, 0.1) is 17.0 Å². The number of halogens is 1. The Kier molecular flexibility index (Phi) is 6.03. The Labute approximate surface area is 196 Å². The van der Waals surface area contributed by atoms with E-state index in [9.17, 15) is 9.59 Å². The smallest absolute Gasteiger partial charge is 0.275 e. The Morgan fingerprint density at radius 2 is 2.06 bits per heavy atom. The number of hydrogen-bond acceptors (Lipinski definition) is 5. The van der Waals surface area contributed by atoms with E-state index in [1.165, 1.54) is 0 Å². The number of likely N-dealkylation sites (tertiary alicyclic amines) is 1. The highest BCUT2D eigenvalue weighted by molar-refractivity contribution is 6.31. The summed E-state index contributed by atoms with van der Waals surface area (Å²) in [5.41, 5.74) is 1.98. The Bertz CT molecular complexity index is 1170. The maximum atomic E-state index is 13.4. The van der Waals surface area contributed by atoms with Crippen LogP contribution >= 0.6 is 11.6 Å². The molecule has 0 saturated carbocycles. The fourth-order valence-electron chi connectivity index (χ4n) is 5.11. The third-order valence-electron chi connectivity index (χ3n) is 7.01. The number of fused-ring (bicyclic) bond motifs is 1. The minimum Gasteiger partial charge on any atom is -0.381 e. The molecule has 1 spiro atoms. The van der Waals surface area contributed by atoms with E-state index in [-0.39, 0.29) is 29.6 Å². The Morgan fingerprint density at radius 3 is 2.88 bits per heavy atom. The monoisotopic (exact) mass is 467 g/mol. The van der Waals surface area contributed by atoms with Crippen LogP contribution in [0, 0.1) is 11.3 Å². The van der Waals surface area contributed by atoms with Crippen LogP contribution in [0.2, 0.25) is 5.02 Å². The predicted molar refractivity (Wildman–Crippen MR) is 124 cm³/mol. The van der Waals surface area contributed by atoms with Crippen LogP contribution in [0.3, 0.4) is 0 Å². The molecular weight excluding hydrogens is 442 g/mol. The summed E-state index contributed by atoms with van der Waals surface area (Å²) in [7, 11) is 0. The first-order valence-electron chi connectivity index (χ1n) is 11.2. The highest BCUT2D eigenvalue weighted by Crippen LogP contribution is 2.44. The van der Waals surface area contributed by atoms with Crippen LogP contribution in [0.4, 0.5) is 0 Å². The van der Waals surface area contributed by atoms with Crippen molar-refractivity contribution in [1.82, 2.24) is 25.4 Å². The lowest BCUT2D eigenvalue weighted by Crippen LogP contribution is -2.42. The number of nitrogens with one attached hydrogen (secondary N) is 2. The maximum absolute atomic E-state index is 13.4.